The van der Waals surface area contributed by atoms with Crippen molar-refractivity contribution in [3.63, 3.8) is 0 Å². The van der Waals surface area contributed by atoms with E-state index in [4.69, 9.17) is 4.74 Å². The maximum absolute atomic E-state index is 11.5. The van der Waals surface area contributed by atoms with Crippen LogP contribution in [0.1, 0.15) is 26.7 Å². The third kappa shape index (κ3) is 4.68. The topological polar surface area (TPSA) is 50.4 Å². The predicted molar refractivity (Wildman–Crippen MR) is 66.9 cm³/mol. The van der Waals surface area contributed by atoms with Gasteiger partial charge in [-0.05, 0) is 25.8 Å². The number of carbonyl (C=O) groups is 1. The molecule has 1 rings (SSSR count). The van der Waals surface area contributed by atoms with E-state index in [2.05, 4.69) is 24.5 Å². The Morgan fingerprint density at radius 2 is 2.19 bits per heavy atom. The van der Waals surface area contributed by atoms with E-state index in [9.17, 15) is 4.79 Å². The third-order valence-corrected chi connectivity index (χ3v) is 3.08. The van der Waals surface area contributed by atoms with E-state index in [1.165, 1.54) is 0 Å². The Morgan fingerprint density at radius 1 is 1.50 bits per heavy atom. The van der Waals surface area contributed by atoms with Crippen molar-refractivity contribution in [1.29, 1.82) is 0 Å². The molecule has 0 aliphatic carbocycles. The molecule has 3 unspecified atom stereocenters. The Labute approximate surface area is 104 Å². The molecule has 1 heterocycles. The summed E-state index contributed by atoms with van der Waals surface area (Å²) in [5.74, 6) is 0.636. The molecule has 96 valence electrons. The van der Waals surface area contributed by atoms with E-state index in [0.717, 1.165) is 13.0 Å². The van der Waals surface area contributed by atoms with E-state index < -0.39 is 0 Å². The van der Waals surface area contributed by atoms with E-state index >= 15 is 0 Å². The van der Waals surface area contributed by atoms with Crippen molar-refractivity contribution in [2.45, 2.75) is 38.8 Å². The zero-order chi connectivity index (χ0) is 11.3. The number of piperidine rings is 1. The molecule has 3 atom stereocenters. The number of hydrogen-bond acceptors (Lipinski definition) is 3. The van der Waals surface area contributed by atoms with Crippen molar-refractivity contribution >= 4 is 18.3 Å². The average molecular weight is 251 g/mol. The number of carbonyl (C=O) groups excluding carboxylic acids is 1. The van der Waals surface area contributed by atoms with E-state index in [-0.39, 0.29) is 24.4 Å². The second-order valence-corrected chi connectivity index (χ2v) is 4.34. The molecule has 1 aliphatic heterocycles. The van der Waals surface area contributed by atoms with Gasteiger partial charge in [0.2, 0.25) is 5.91 Å². The maximum atomic E-state index is 11.5. The van der Waals surface area contributed by atoms with Crippen molar-refractivity contribution in [2.24, 2.45) is 5.92 Å². The van der Waals surface area contributed by atoms with Crippen molar-refractivity contribution in [1.82, 2.24) is 10.6 Å². The zero-order valence-corrected chi connectivity index (χ0v) is 11.1. The van der Waals surface area contributed by atoms with Gasteiger partial charge in [0, 0.05) is 25.6 Å². The molecule has 0 bridgehead atoms. The van der Waals surface area contributed by atoms with Gasteiger partial charge in [0.1, 0.15) is 0 Å². The summed E-state index contributed by atoms with van der Waals surface area (Å²) in [4.78, 5) is 11.5. The van der Waals surface area contributed by atoms with Gasteiger partial charge in [0.25, 0.3) is 0 Å². The van der Waals surface area contributed by atoms with Gasteiger partial charge < -0.3 is 15.4 Å². The van der Waals surface area contributed by atoms with Crippen LogP contribution in [0.25, 0.3) is 0 Å². The summed E-state index contributed by atoms with van der Waals surface area (Å²) >= 11 is 0. The second-order valence-electron chi connectivity index (χ2n) is 4.34. The first-order valence-electron chi connectivity index (χ1n) is 5.67. The molecule has 0 aromatic rings. The van der Waals surface area contributed by atoms with E-state index in [1.807, 2.05) is 0 Å². The fourth-order valence-electron chi connectivity index (χ4n) is 2.06. The van der Waals surface area contributed by atoms with Gasteiger partial charge in [-0.2, -0.15) is 0 Å². The van der Waals surface area contributed by atoms with Crippen LogP contribution in [0.4, 0.5) is 0 Å². The number of halogens is 1. The Bertz CT molecular complexity index is 204. The smallest absolute Gasteiger partial charge is 0.222 e. The standard InChI is InChI=1S/C11H22N2O2.ClH/c1-8-4-6-12-9(2)11(8)13-10(14)5-7-15-3;/h8-9,11-12H,4-7H2,1-3H3,(H,13,14);1H. The lowest BCUT2D eigenvalue weighted by atomic mass is 9.89. The number of ether oxygens (including phenoxy) is 1. The highest BCUT2D eigenvalue weighted by Crippen LogP contribution is 2.16. The lowest BCUT2D eigenvalue weighted by Crippen LogP contribution is -2.56. The largest absolute Gasteiger partial charge is 0.384 e. The lowest BCUT2D eigenvalue weighted by molar-refractivity contribution is -0.123. The fourth-order valence-corrected chi connectivity index (χ4v) is 2.06. The molecule has 16 heavy (non-hydrogen) atoms. The van der Waals surface area contributed by atoms with Crippen molar-refractivity contribution in [2.75, 3.05) is 20.3 Å². The maximum Gasteiger partial charge on any atom is 0.222 e. The molecule has 0 spiro atoms. The number of rotatable bonds is 4. The van der Waals surface area contributed by atoms with Gasteiger partial charge in [-0.25, -0.2) is 0 Å². The summed E-state index contributed by atoms with van der Waals surface area (Å²) < 4.78 is 4.88. The normalized spacial score (nSPS) is 29.3. The molecule has 2 N–H and O–H groups in total. The first-order chi connectivity index (χ1) is 7.15. The lowest BCUT2D eigenvalue weighted by Gasteiger charge is -2.36. The summed E-state index contributed by atoms with van der Waals surface area (Å²) in [6, 6.07) is 0.614. The molecule has 0 aromatic carbocycles. The number of methoxy groups -OCH3 is 1. The quantitative estimate of drug-likeness (QED) is 0.781. The Hall–Kier alpha value is -0.320. The predicted octanol–water partition coefficient (Wildman–Crippen LogP) is 0.947. The molecule has 1 aliphatic rings. The monoisotopic (exact) mass is 250 g/mol. The molecule has 0 aromatic heterocycles. The van der Waals surface area contributed by atoms with Gasteiger partial charge >= 0.3 is 0 Å². The van der Waals surface area contributed by atoms with E-state index in [0.29, 0.717) is 25.0 Å². The van der Waals surface area contributed by atoms with Crippen LogP contribution in [0.5, 0.6) is 0 Å². The molecule has 1 saturated heterocycles. The van der Waals surface area contributed by atoms with E-state index in [1.54, 1.807) is 7.11 Å². The van der Waals surface area contributed by atoms with Crippen LogP contribution in [0.3, 0.4) is 0 Å². The van der Waals surface area contributed by atoms with Gasteiger partial charge in [0.05, 0.1) is 6.61 Å². The summed E-state index contributed by atoms with van der Waals surface area (Å²) in [6.07, 6.45) is 1.58. The highest BCUT2D eigenvalue weighted by atomic mass is 35.5. The highest BCUT2D eigenvalue weighted by Gasteiger charge is 2.28. The SMILES string of the molecule is COCCC(=O)NC1C(C)CCNC1C.Cl. The Balaban J connectivity index is 0.00000225. The third-order valence-electron chi connectivity index (χ3n) is 3.08. The number of amides is 1. The summed E-state index contributed by atoms with van der Waals surface area (Å²) in [6.45, 7) is 5.86. The minimum Gasteiger partial charge on any atom is -0.384 e. The highest BCUT2D eigenvalue weighted by molar-refractivity contribution is 5.85. The van der Waals surface area contributed by atoms with Crippen LogP contribution < -0.4 is 10.6 Å². The molecule has 1 fully saturated rings. The minimum atomic E-state index is 0. The van der Waals surface area contributed by atoms with Crippen LogP contribution >= 0.6 is 12.4 Å². The summed E-state index contributed by atoms with van der Waals surface area (Å²) in [5.41, 5.74) is 0. The molecule has 4 nitrogen and oxygen atoms in total. The zero-order valence-electron chi connectivity index (χ0n) is 10.3. The number of nitrogens with one attached hydrogen (secondary N) is 2. The van der Waals surface area contributed by atoms with Gasteiger partial charge in [-0.3, -0.25) is 4.79 Å². The molecule has 1 amide bonds. The van der Waals surface area contributed by atoms with Gasteiger partial charge in [0.15, 0.2) is 0 Å². The summed E-state index contributed by atoms with van der Waals surface area (Å²) in [5, 5.41) is 6.45. The van der Waals surface area contributed by atoms with Gasteiger partial charge in [-0.1, -0.05) is 6.92 Å². The molecule has 5 heteroatoms. The molecule has 0 radical (unpaired) electrons. The van der Waals surface area contributed by atoms with Crippen LogP contribution in [0.2, 0.25) is 0 Å². The first-order valence-corrected chi connectivity index (χ1v) is 5.67. The van der Waals surface area contributed by atoms with Crippen LogP contribution in [0, 0.1) is 5.92 Å². The molecular formula is C11H23ClN2O2. The van der Waals surface area contributed by atoms with Crippen LogP contribution in [0.15, 0.2) is 0 Å². The average Bonchev–Trinajstić information content (AvgIpc) is 2.21. The molecular weight excluding hydrogens is 228 g/mol. The minimum absolute atomic E-state index is 0. The van der Waals surface area contributed by atoms with Crippen molar-refractivity contribution < 1.29 is 9.53 Å². The van der Waals surface area contributed by atoms with Crippen molar-refractivity contribution in [3.05, 3.63) is 0 Å². The van der Waals surface area contributed by atoms with Crippen LogP contribution in [-0.2, 0) is 9.53 Å². The number of hydrogen-bond donors (Lipinski definition) is 2. The van der Waals surface area contributed by atoms with Crippen molar-refractivity contribution in [3.8, 4) is 0 Å². The first kappa shape index (κ1) is 15.7. The van der Waals surface area contributed by atoms with Crippen LogP contribution in [-0.4, -0.2) is 38.3 Å². The second kappa shape index (κ2) is 7.87. The van der Waals surface area contributed by atoms with Gasteiger partial charge in [-0.15, -0.1) is 12.4 Å². The molecule has 0 saturated carbocycles. The fraction of sp³-hybridized carbons (Fsp3) is 0.909. The Morgan fingerprint density at radius 3 is 2.75 bits per heavy atom. The Kier molecular flexibility index (Phi) is 7.72. The summed E-state index contributed by atoms with van der Waals surface area (Å²) in [7, 11) is 1.61.